The Balaban J connectivity index is 1.40. The molecule has 2 aromatic carbocycles. The van der Waals surface area contributed by atoms with Crippen LogP contribution in [0, 0.1) is 5.92 Å². The number of hydrogen-bond acceptors (Lipinski definition) is 9. The predicted octanol–water partition coefficient (Wildman–Crippen LogP) is 2.61. The third kappa shape index (κ3) is 3.65. The summed E-state index contributed by atoms with van der Waals surface area (Å²) in [4.78, 5) is 37.8. The summed E-state index contributed by atoms with van der Waals surface area (Å²) >= 11 is 0. The van der Waals surface area contributed by atoms with Gasteiger partial charge in [-0.05, 0) is 30.3 Å². The van der Waals surface area contributed by atoms with Crippen LogP contribution in [0.4, 0.5) is 0 Å². The number of ketones is 1. The van der Waals surface area contributed by atoms with Gasteiger partial charge in [0, 0.05) is 29.0 Å². The molecule has 0 spiro atoms. The van der Waals surface area contributed by atoms with Crippen LogP contribution >= 0.6 is 0 Å². The van der Waals surface area contributed by atoms with Crippen molar-refractivity contribution in [2.45, 2.75) is 26.1 Å². The Labute approximate surface area is 204 Å². The Kier molecular flexibility index (Phi) is 5.47. The van der Waals surface area contributed by atoms with Crippen molar-refractivity contribution in [3.8, 4) is 17.2 Å². The summed E-state index contributed by atoms with van der Waals surface area (Å²) in [7, 11) is 1.39. The largest absolute Gasteiger partial charge is 0.504 e. The number of ether oxygens (including phenoxy) is 2. The minimum atomic E-state index is -1.50. The van der Waals surface area contributed by atoms with Gasteiger partial charge in [-0.2, -0.15) is 0 Å². The molecule has 36 heavy (non-hydrogen) atoms. The normalized spacial score (nSPS) is 16.7. The number of hydrogen-bond donors (Lipinski definition) is 2. The van der Waals surface area contributed by atoms with E-state index in [2.05, 4.69) is 15.6 Å². The van der Waals surface area contributed by atoms with Gasteiger partial charge in [0.1, 0.15) is 17.0 Å². The number of benzene rings is 2. The first-order chi connectivity index (χ1) is 17.2. The van der Waals surface area contributed by atoms with Crippen LogP contribution in [0.5, 0.6) is 17.2 Å². The lowest BCUT2D eigenvalue weighted by Gasteiger charge is -2.30. The molecule has 1 amide bonds. The second-order valence-corrected chi connectivity index (χ2v) is 8.65. The van der Waals surface area contributed by atoms with Gasteiger partial charge in [0.25, 0.3) is 11.6 Å². The number of phenols is 1. The van der Waals surface area contributed by atoms with Crippen LogP contribution in [0.1, 0.15) is 40.3 Å². The zero-order valence-electron chi connectivity index (χ0n) is 19.6. The number of rotatable bonds is 6. The van der Waals surface area contributed by atoms with Gasteiger partial charge in [0.05, 0.1) is 25.4 Å². The van der Waals surface area contributed by atoms with Crippen molar-refractivity contribution < 1.29 is 28.6 Å². The number of aromatic hydroxyl groups is 1. The minimum absolute atomic E-state index is 0.0341. The highest BCUT2D eigenvalue weighted by Gasteiger charge is 2.53. The number of nitrogens with one attached hydrogen (secondary N) is 1. The number of Topliss-reactive ketones (excluding diaryl/α,β-unsaturated/α-hetero) is 1. The summed E-state index contributed by atoms with van der Waals surface area (Å²) in [5, 5.41) is 21.3. The van der Waals surface area contributed by atoms with Crippen molar-refractivity contribution in [2.24, 2.45) is 5.92 Å². The molecule has 3 heterocycles. The third-order valence-electron chi connectivity index (χ3n) is 6.09. The van der Waals surface area contributed by atoms with Crippen molar-refractivity contribution in [3.63, 3.8) is 0 Å². The van der Waals surface area contributed by atoms with Crippen LogP contribution in [0.25, 0.3) is 11.0 Å². The van der Waals surface area contributed by atoms with E-state index in [1.807, 2.05) is 13.8 Å². The lowest BCUT2D eigenvalue weighted by atomic mass is 9.92. The molecule has 1 atom stereocenters. The standard InChI is InChI=1S/C25H22N4O7/c1-13(2)25(23(32)17-8-14-5-7-22(31)35-19(14)10-20(17)36-25)29-12-16(27-28-29)11-26-24(33)15-4-6-18(30)21(9-15)34-3/h4-10,12-13,30H,11H2,1-3H3,(H,26,33). The maximum atomic E-state index is 13.6. The Bertz CT molecular complexity index is 1570. The van der Waals surface area contributed by atoms with Crippen molar-refractivity contribution in [3.05, 3.63) is 75.9 Å². The van der Waals surface area contributed by atoms with Crippen LogP contribution in [-0.4, -0.2) is 38.9 Å². The van der Waals surface area contributed by atoms with E-state index in [4.69, 9.17) is 13.9 Å². The van der Waals surface area contributed by atoms with Gasteiger partial charge in [-0.1, -0.05) is 19.1 Å². The highest BCUT2D eigenvalue weighted by molar-refractivity contribution is 6.08. The fraction of sp³-hybridized carbons (Fsp3) is 0.240. The smallest absolute Gasteiger partial charge is 0.336 e. The minimum Gasteiger partial charge on any atom is -0.504 e. The summed E-state index contributed by atoms with van der Waals surface area (Å²) in [6.07, 6.45) is 1.54. The van der Waals surface area contributed by atoms with Gasteiger partial charge in [0.15, 0.2) is 11.5 Å². The second kappa shape index (κ2) is 8.52. The van der Waals surface area contributed by atoms with E-state index in [9.17, 15) is 19.5 Å². The zero-order valence-corrected chi connectivity index (χ0v) is 19.6. The number of methoxy groups -OCH3 is 1. The van der Waals surface area contributed by atoms with Crippen molar-refractivity contribution in [2.75, 3.05) is 7.11 Å². The fourth-order valence-electron chi connectivity index (χ4n) is 4.19. The van der Waals surface area contributed by atoms with Gasteiger partial charge < -0.3 is 24.3 Å². The number of fused-ring (bicyclic) bond motifs is 2. The molecule has 5 rings (SSSR count). The van der Waals surface area contributed by atoms with Crippen LogP contribution in [-0.2, 0) is 12.3 Å². The average Bonchev–Trinajstić information content (AvgIpc) is 3.44. The second-order valence-electron chi connectivity index (χ2n) is 8.65. The summed E-state index contributed by atoms with van der Waals surface area (Å²) < 4.78 is 17.8. The molecular weight excluding hydrogens is 468 g/mol. The molecule has 2 N–H and O–H groups in total. The predicted molar refractivity (Wildman–Crippen MR) is 126 cm³/mol. The molecular formula is C25H22N4O7. The Hall–Kier alpha value is -4.67. The summed E-state index contributed by atoms with van der Waals surface area (Å²) in [5.74, 6) is -0.681. The van der Waals surface area contributed by atoms with Crippen LogP contribution < -0.4 is 20.4 Å². The highest BCUT2D eigenvalue weighted by Crippen LogP contribution is 2.43. The van der Waals surface area contributed by atoms with Crippen LogP contribution in [0.15, 0.2) is 57.9 Å². The van der Waals surface area contributed by atoms with E-state index in [1.54, 1.807) is 18.3 Å². The molecule has 11 heteroatoms. The highest BCUT2D eigenvalue weighted by atomic mass is 16.5. The molecule has 4 aromatic rings. The van der Waals surface area contributed by atoms with Crippen LogP contribution in [0.3, 0.4) is 0 Å². The van der Waals surface area contributed by atoms with Gasteiger partial charge in [-0.15, -0.1) is 5.10 Å². The fourth-order valence-corrected chi connectivity index (χ4v) is 4.19. The lowest BCUT2D eigenvalue weighted by molar-refractivity contribution is -0.0241. The monoisotopic (exact) mass is 490 g/mol. The average molecular weight is 490 g/mol. The maximum absolute atomic E-state index is 13.6. The van der Waals surface area contributed by atoms with E-state index in [0.29, 0.717) is 27.8 Å². The van der Waals surface area contributed by atoms with Gasteiger partial charge in [-0.3, -0.25) is 9.59 Å². The molecule has 1 aliphatic heterocycles. The van der Waals surface area contributed by atoms with E-state index < -0.39 is 17.3 Å². The van der Waals surface area contributed by atoms with Crippen LogP contribution in [0.2, 0.25) is 0 Å². The molecule has 0 saturated carbocycles. The van der Waals surface area contributed by atoms with E-state index in [-0.39, 0.29) is 35.5 Å². The molecule has 0 saturated heterocycles. The number of phenolic OH excluding ortho intramolecular Hbond substituents is 1. The number of carbonyl (C=O) groups is 2. The Morgan fingerprint density at radius 1 is 1.19 bits per heavy atom. The summed E-state index contributed by atoms with van der Waals surface area (Å²) in [6, 6.07) is 10.3. The lowest BCUT2D eigenvalue weighted by Crippen LogP contribution is -2.48. The number of carbonyl (C=O) groups excluding carboxylic acids is 2. The maximum Gasteiger partial charge on any atom is 0.336 e. The quantitative estimate of drug-likeness (QED) is 0.389. The molecule has 1 aliphatic rings. The first kappa shape index (κ1) is 23.1. The van der Waals surface area contributed by atoms with E-state index in [0.717, 1.165) is 0 Å². The first-order valence-corrected chi connectivity index (χ1v) is 11.1. The SMILES string of the molecule is COc1cc(C(=O)NCc2cn(C3(C(C)C)Oc4cc5oc(=O)ccc5cc4C3=O)nn2)ccc1O. The number of nitrogens with zero attached hydrogens (tertiary/aromatic N) is 3. The Morgan fingerprint density at radius 3 is 2.75 bits per heavy atom. The molecule has 1 unspecified atom stereocenters. The molecule has 0 fully saturated rings. The van der Waals surface area contributed by atoms with Gasteiger partial charge >= 0.3 is 5.63 Å². The van der Waals surface area contributed by atoms with E-state index in [1.165, 1.54) is 42.1 Å². The summed E-state index contributed by atoms with van der Waals surface area (Å²) in [6.45, 7) is 3.68. The van der Waals surface area contributed by atoms with Crippen molar-refractivity contribution >= 4 is 22.7 Å². The zero-order chi connectivity index (χ0) is 25.6. The van der Waals surface area contributed by atoms with E-state index >= 15 is 0 Å². The molecule has 0 bridgehead atoms. The Morgan fingerprint density at radius 2 is 2.00 bits per heavy atom. The molecule has 11 nitrogen and oxygen atoms in total. The topological polar surface area (TPSA) is 146 Å². The van der Waals surface area contributed by atoms with Crippen molar-refractivity contribution in [1.29, 1.82) is 0 Å². The van der Waals surface area contributed by atoms with Gasteiger partial charge in [0.2, 0.25) is 5.78 Å². The number of amides is 1. The molecule has 0 aliphatic carbocycles. The molecule has 0 radical (unpaired) electrons. The molecule has 184 valence electrons. The molecule has 2 aromatic heterocycles. The van der Waals surface area contributed by atoms with Crippen molar-refractivity contribution in [1.82, 2.24) is 20.3 Å². The first-order valence-electron chi connectivity index (χ1n) is 11.1. The summed E-state index contributed by atoms with van der Waals surface area (Å²) in [5.41, 5.74) is -0.662. The number of aromatic nitrogens is 3. The van der Waals surface area contributed by atoms with Gasteiger partial charge in [-0.25, -0.2) is 9.48 Å². The third-order valence-corrected chi connectivity index (χ3v) is 6.09.